The number of hydrogen-bond acceptors (Lipinski definition) is 5. The molecule has 3 aromatic carbocycles. The molecule has 3 aromatic rings. The number of rotatable bonds is 8. The van der Waals surface area contributed by atoms with Gasteiger partial charge in [0.25, 0.3) is 5.91 Å². The van der Waals surface area contributed by atoms with Crippen LogP contribution in [0.1, 0.15) is 71.4 Å². The Morgan fingerprint density at radius 1 is 0.805 bits per heavy atom. The van der Waals surface area contributed by atoms with Gasteiger partial charge in [-0.3, -0.25) is 19.3 Å². The molecule has 1 fully saturated rings. The van der Waals surface area contributed by atoms with Crippen LogP contribution < -0.4 is 5.32 Å². The maximum atomic E-state index is 14.1. The fourth-order valence-corrected chi connectivity index (χ4v) is 7.18. The van der Waals surface area contributed by atoms with Crippen molar-refractivity contribution >= 4 is 29.4 Å². The lowest BCUT2D eigenvalue weighted by Crippen LogP contribution is -2.47. The number of nitrogens with one attached hydrogen (secondary N) is 1. The summed E-state index contributed by atoms with van der Waals surface area (Å²) in [6.07, 6.45) is 1.70. The van der Waals surface area contributed by atoms with E-state index in [2.05, 4.69) is 29.6 Å². The first-order chi connectivity index (χ1) is 19.8. The number of esters is 1. The molecule has 210 valence electrons. The van der Waals surface area contributed by atoms with Gasteiger partial charge in [0, 0.05) is 17.5 Å². The van der Waals surface area contributed by atoms with Crippen molar-refractivity contribution in [3.05, 3.63) is 100 Å². The van der Waals surface area contributed by atoms with E-state index in [9.17, 15) is 19.2 Å². The van der Waals surface area contributed by atoms with Crippen LogP contribution in [0.4, 0.5) is 5.69 Å². The number of anilines is 1. The normalized spacial score (nSPS) is 22.6. The highest BCUT2D eigenvalue weighted by Crippen LogP contribution is 2.61. The number of hydrogen-bond donors (Lipinski definition) is 1. The molecule has 4 aliphatic rings. The average molecular weight is 551 g/mol. The van der Waals surface area contributed by atoms with Crippen LogP contribution in [0.5, 0.6) is 0 Å². The van der Waals surface area contributed by atoms with Crippen molar-refractivity contribution in [1.82, 2.24) is 4.90 Å². The van der Waals surface area contributed by atoms with Gasteiger partial charge in [-0.2, -0.15) is 0 Å². The molecule has 3 aliphatic carbocycles. The van der Waals surface area contributed by atoms with Gasteiger partial charge in [-0.15, -0.1) is 0 Å². The van der Waals surface area contributed by atoms with Crippen LogP contribution in [0.25, 0.3) is 0 Å². The lowest BCUT2D eigenvalue weighted by atomic mass is 9.55. The fourth-order valence-electron chi connectivity index (χ4n) is 7.18. The Bertz CT molecular complexity index is 1430. The largest absolute Gasteiger partial charge is 0.454 e. The Labute approximate surface area is 239 Å². The predicted molar refractivity (Wildman–Crippen MR) is 154 cm³/mol. The van der Waals surface area contributed by atoms with Crippen molar-refractivity contribution < 1.29 is 23.9 Å². The molecule has 0 saturated carbocycles. The molecule has 0 aromatic heterocycles. The Morgan fingerprint density at radius 3 is 1.76 bits per heavy atom. The summed E-state index contributed by atoms with van der Waals surface area (Å²) in [6.45, 7) is 5.27. The minimum Gasteiger partial charge on any atom is -0.454 e. The van der Waals surface area contributed by atoms with Gasteiger partial charge in [0.2, 0.25) is 11.8 Å². The van der Waals surface area contributed by atoms with Crippen molar-refractivity contribution in [3.63, 3.8) is 0 Å². The Balaban J connectivity index is 1.26. The highest BCUT2D eigenvalue weighted by Gasteiger charge is 2.63. The quantitative estimate of drug-likeness (QED) is 0.306. The molecule has 0 radical (unpaired) electrons. The summed E-state index contributed by atoms with van der Waals surface area (Å²) in [5, 5.41) is 2.82. The van der Waals surface area contributed by atoms with Gasteiger partial charge in [-0.05, 0) is 53.6 Å². The van der Waals surface area contributed by atoms with E-state index in [0.717, 1.165) is 39.8 Å². The number of ether oxygens (including phenoxy) is 1. The van der Waals surface area contributed by atoms with E-state index < -0.39 is 36.4 Å². The Hall–Kier alpha value is -4.26. The first-order valence-electron chi connectivity index (χ1n) is 14.4. The van der Waals surface area contributed by atoms with E-state index in [-0.39, 0.29) is 23.7 Å². The molecule has 2 bridgehead atoms. The summed E-state index contributed by atoms with van der Waals surface area (Å²) < 4.78 is 5.47. The van der Waals surface area contributed by atoms with Crippen LogP contribution in [0.2, 0.25) is 0 Å². The van der Waals surface area contributed by atoms with Gasteiger partial charge >= 0.3 is 5.97 Å². The highest BCUT2D eigenvalue weighted by atomic mass is 16.5. The predicted octanol–water partition coefficient (Wildman–Crippen LogP) is 5.24. The molecule has 1 N–H and O–H groups in total. The van der Waals surface area contributed by atoms with Gasteiger partial charge in [-0.1, -0.05) is 86.5 Å². The first-order valence-corrected chi connectivity index (χ1v) is 14.4. The third-order valence-corrected chi connectivity index (χ3v) is 8.99. The van der Waals surface area contributed by atoms with E-state index in [1.807, 2.05) is 63.2 Å². The number of para-hydroxylation sites is 1. The van der Waals surface area contributed by atoms with Crippen molar-refractivity contribution in [2.75, 3.05) is 11.9 Å². The Kier molecular flexibility index (Phi) is 6.98. The molecule has 1 aliphatic heterocycles. The second-order valence-corrected chi connectivity index (χ2v) is 11.4. The number of carbonyl (C=O) groups excluding carboxylic acids is 4. The van der Waals surface area contributed by atoms with E-state index in [4.69, 9.17) is 4.74 Å². The van der Waals surface area contributed by atoms with Gasteiger partial charge in [0.1, 0.15) is 6.04 Å². The zero-order valence-electron chi connectivity index (χ0n) is 23.6. The SMILES string of the molecule is CCCC[C@H](C(=O)OCC(=O)Nc1c(C)cccc1C)N1C(=O)[C@H]2C3c4ccccc4C(c4ccccc43)[C@@H]2C1=O. The van der Waals surface area contributed by atoms with Crippen molar-refractivity contribution in [2.45, 2.75) is 57.9 Å². The highest BCUT2D eigenvalue weighted by molar-refractivity contribution is 6.10. The number of aryl methyl sites for hydroxylation is 2. The number of unbranched alkanes of at least 4 members (excludes halogenated alkanes) is 1. The summed E-state index contributed by atoms with van der Waals surface area (Å²) in [6, 6.07) is 20.7. The van der Waals surface area contributed by atoms with E-state index in [0.29, 0.717) is 18.5 Å². The zero-order valence-corrected chi connectivity index (χ0v) is 23.6. The number of nitrogens with zero attached hydrogens (tertiary/aromatic N) is 1. The monoisotopic (exact) mass is 550 g/mol. The molecule has 0 spiro atoms. The van der Waals surface area contributed by atoms with Crippen LogP contribution in [-0.4, -0.2) is 41.2 Å². The first kappa shape index (κ1) is 26.9. The van der Waals surface area contributed by atoms with Crippen molar-refractivity contribution in [2.24, 2.45) is 11.8 Å². The van der Waals surface area contributed by atoms with E-state index in [1.165, 1.54) is 4.90 Å². The minimum atomic E-state index is -1.07. The number of likely N-dealkylation sites (tertiary alicyclic amines) is 1. The second-order valence-electron chi connectivity index (χ2n) is 11.4. The number of amides is 3. The molecular weight excluding hydrogens is 516 g/mol. The van der Waals surface area contributed by atoms with E-state index in [1.54, 1.807) is 0 Å². The van der Waals surface area contributed by atoms with Crippen molar-refractivity contribution in [1.29, 1.82) is 0 Å². The summed E-state index contributed by atoms with van der Waals surface area (Å²) in [4.78, 5) is 55.7. The Morgan fingerprint density at radius 2 is 1.29 bits per heavy atom. The minimum absolute atomic E-state index is 0.246. The van der Waals surface area contributed by atoms with Crippen LogP contribution in [-0.2, 0) is 23.9 Å². The van der Waals surface area contributed by atoms with Gasteiger partial charge < -0.3 is 10.1 Å². The summed E-state index contributed by atoms with van der Waals surface area (Å²) >= 11 is 0. The lowest BCUT2D eigenvalue weighted by molar-refractivity contribution is -0.160. The van der Waals surface area contributed by atoms with Crippen molar-refractivity contribution in [3.8, 4) is 0 Å². The summed E-state index contributed by atoms with van der Waals surface area (Å²) in [7, 11) is 0. The third kappa shape index (κ3) is 4.35. The lowest BCUT2D eigenvalue weighted by Gasteiger charge is -2.45. The van der Waals surface area contributed by atoms with Gasteiger partial charge in [0.05, 0.1) is 11.8 Å². The molecule has 7 nitrogen and oxygen atoms in total. The average Bonchev–Trinajstić information content (AvgIpc) is 3.24. The third-order valence-electron chi connectivity index (χ3n) is 8.99. The van der Waals surface area contributed by atoms with Gasteiger partial charge in [0.15, 0.2) is 6.61 Å². The number of imide groups is 1. The topological polar surface area (TPSA) is 92.8 Å². The molecule has 1 heterocycles. The number of carbonyl (C=O) groups is 4. The maximum absolute atomic E-state index is 14.1. The van der Waals surface area contributed by atoms with Crippen LogP contribution in [0.15, 0.2) is 66.7 Å². The van der Waals surface area contributed by atoms with Crippen LogP contribution in [0, 0.1) is 25.7 Å². The molecule has 1 saturated heterocycles. The summed E-state index contributed by atoms with van der Waals surface area (Å²) in [5.41, 5.74) is 6.80. The van der Waals surface area contributed by atoms with E-state index >= 15 is 0 Å². The zero-order chi connectivity index (χ0) is 28.8. The van der Waals surface area contributed by atoms with Crippen LogP contribution in [0.3, 0.4) is 0 Å². The molecule has 0 unspecified atom stereocenters. The van der Waals surface area contributed by atoms with Gasteiger partial charge in [-0.25, -0.2) is 4.79 Å². The molecule has 7 rings (SSSR count). The standard InChI is InChI=1S/C34H34N2O5/c1-4-5-17-25(34(40)41-18-26(37)35-31-19(2)11-10-12-20(31)3)36-32(38)29-27-21-13-6-7-14-22(21)28(30(29)33(36)39)24-16-9-8-15-23(24)27/h6-16,25,27-30H,4-5,17-18H2,1-3H3,(H,35,37)/t25-,27?,28?,29+,30+/m1/s1. The molecule has 7 heteroatoms. The second kappa shape index (κ2) is 10.6. The molecular formula is C34H34N2O5. The molecule has 3 amide bonds. The molecule has 3 atom stereocenters. The summed E-state index contributed by atoms with van der Waals surface area (Å²) in [5.74, 6) is -3.47. The fraction of sp³-hybridized carbons (Fsp3) is 0.353. The smallest absolute Gasteiger partial charge is 0.329 e. The maximum Gasteiger partial charge on any atom is 0.329 e. The van der Waals surface area contributed by atoms with Crippen LogP contribution >= 0.6 is 0 Å². The molecule has 41 heavy (non-hydrogen) atoms. The number of benzene rings is 3.